The number of carbonyl (C=O) groups is 3. The molecule has 0 bridgehead atoms. The lowest BCUT2D eigenvalue weighted by atomic mass is 10.0. The number of sulfone groups is 1. The van der Waals surface area contributed by atoms with E-state index in [0.29, 0.717) is 5.56 Å². The van der Waals surface area contributed by atoms with Gasteiger partial charge in [0.2, 0.25) is 0 Å². The van der Waals surface area contributed by atoms with Crippen molar-refractivity contribution in [2.75, 3.05) is 11.6 Å². The Labute approximate surface area is 202 Å². The molecule has 2 heterocycles. The van der Waals surface area contributed by atoms with Crippen LogP contribution in [0.1, 0.15) is 27.0 Å². The zero-order valence-corrected chi connectivity index (χ0v) is 20.2. The van der Waals surface area contributed by atoms with E-state index in [1.807, 2.05) is 26.0 Å². The monoisotopic (exact) mass is 502 g/mol. The molecule has 4 rings (SSSR count). The first kappa shape index (κ1) is 24.0. The van der Waals surface area contributed by atoms with Crippen molar-refractivity contribution >= 4 is 39.2 Å². The highest BCUT2D eigenvalue weighted by atomic mass is 35.5. The van der Waals surface area contributed by atoms with Crippen LogP contribution in [-0.4, -0.2) is 54.1 Å². The smallest absolute Gasteiger partial charge is 0.355 e. The van der Waals surface area contributed by atoms with E-state index in [2.05, 4.69) is 5.32 Å². The molecule has 0 aliphatic carbocycles. The molecule has 2 amide bonds. The maximum atomic E-state index is 13.0. The highest BCUT2D eigenvalue weighted by Gasteiger charge is 2.60. The van der Waals surface area contributed by atoms with Gasteiger partial charge in [-0.05, 0) is 37.1 Å². The molecule has 0 saturated carbocycles. The first-order valence-corrected chi connectivity index (χ1v) is 12.8. The Balaban J connectivity index is 1.55. The van der Waals surface area contributed by atoms with Crippen molar-refractivity contribution < 1.29 is 27.5 Å². The fraction of sp³-hybridized carbons (Fsp3) is 0.292. The van der Waals surface area contributed by atoms with Gasteiger partial charge in [-0.15, -0.1) is 11.6 Å². The maximum absolute atomic E-state index is 13.0. The zero-order valence-electron chi connectivity index (χ0n) is 18.6. The number of esters is 1. The number of alkyl halides is 1. The lowest BCUT2D eigenvalue weighted by molar-refractivity contribution is -0.152. The van der Waals surface area contributed by atoms with Crippen LogP contribution in [0.5, 0.6) is 0 Å². The van der Waals surface area contributed by atoms with Crippen LogP contribution in [0.2, 0.25) is 0 Å². The number of halogens is 1. The molecule has 2 aromatic carbocycles. The average Bonchev–Trinajstić information content (AvgIpc) is 2.81. The average molecular weight is 503 g/mol. The summed E-state index contributed by atoms with van der Waals surface area (Å²) in [5.41, 5.74) is 2.94. The second-order valence-electron chi connectivity index (χ2n) is 8.37. The summed E-state index contributed by atoms with van der Waals surface area (Å²) < 4.78 is 31.2. The largest absolute Gasteiger partial charge is 0.456 e. The highest BCUT2D eigenvalue weighted by molar-refractivity contribution is 7.92. The molecule has 1 N–H and O–H groups in total. The van der Waals surface area contributed by atoms with Crippen LogP contribution >= 0.6 is 11.6 Å². The molecular weight excluding hydrogens is 480 g/mol. The number of nitrogens with zero attached hydrogens (tertiary/aromatic N) is 1. The third kappa shape index (κ3) is 4.45. The number of ether oxygens (including phenoxy) is 1. The maximum Gasteiger partial charge on any atom is 0.355 e. The number of fused-ring (bicyclic) bond motifs is 1. The van der Waals surface area contributed by atoms with Crippen LogP contribution < -0.4 is 5.32 Å². The highest BCUT2D eigenvalue weighted by Crippen LogP contribution is 2.37. The van der Waals surface area contributed by atoms with Crippen molar-refractivity contribution in [2.45, 2.75) is 31.9 Å². The van der Waals surface area contributed by atoms with Gasteiger partial charge in [0.1, 0.15) is 18.3 Å². The fourth-order valence-electron chi connectivity index (χ4n) is 3.95. The molecule has 2 aromatic rings. The molecule has 2 aliphatic rings. The van der Waals surface area contributed by atoms with E-state index < -0.39 is 44.8 Å². The molecule has 10 heteroatoms. The number of rotatable bonds is 6. The molecule has 34 heavy (non-hydrogen) atoms. The van der Waals surface area contributed by atoms with Gasteiger partial charge in [0.05, 0.1) is 5.75 Å². The molecule has 0 spiro atoms. The van der Waals surface area contributed by atoms with Crippen LogP contribution in [0, 0.1) is 13.8 Å². The van der Waals surface area contributed by atoms with E-state index in [0.717, 1.165) is 21.6 Å². The van der Waals surface area contributed by atoms with Gasteiger partial charge >= 0.3 is 5.97 Å². The molecule has 8 nitrogen and oxygen atoms in total. The molecule has 2 aliphatic heterocycles. The predicted molar refractivity (Wildman–Crippen MR) is 126 cm³/mol. The Morgan fingerprint density at radius 2 is 1.65 bits per heavy atom. The van der Waals surface area contributed by atoms with Crippen molar-refractivity contribution in [3.63, 3.8) is 0 Å². The number of β-lactam (4-membered cyclic amide) rings is 1. The Kier molecular flexibility index (Phi) is 6.51. The van der Waals surface area contributed by atoms with Gasteiger partial charge in [0, 0.05) is 11.4 Å². The minimum atomic E-state index is -3.90. The summed E-state index contributed by atoms with van der Waals surface area (Å²) in [6.45, 7) is 3.74. The number of hydrogen-bond donors (Lipinski definition) is 1. The van der Waals surface area contributed by atoms with Crippen molar-refractivity contribution in [2.24, 2.45) is 0 Å². The van der Waals surface area contributed by atoms with Crippen LogP contribution in [0.25, 0.3) is 0 Å². The second-order valence-corrected chi connectivity index (χ2v) is 10.7. The molecule has 0 aromatic heterocycles. The Morgan fingerprint density at radius 1 is 1.06 bits per heavy atom. The molecule has 0 unspecified atom stereocenters. The standard InChI is InChI=1S/C24H23ClN2O6S/c1-14-3-7-16(8-4-14)12-33-24(30)20-18(11-25)13-34(31,32)23-19(22(29)27(20)23)26-21(28)17-9-5-15(2)6-10-17/h3-10,19,23H,11-13H2,1-2H3,(H,26,28)/t19-,23-/m1/s1. The molecule has 178 valence electrons. The molecule has 1 saturated heterocycles. The van der Waals surface area contributed by atoms with E-state index in [4.69, 9.17) is 16.3 Å². The molecule has 0 radical (unpaired) electrons. The van der Waals surface area contributed by atoms with E-state index in [1.54, 1.807) is 36.4 Å². The Hall–Kier alpha value is -3.17. The minimum Gasteiger partial charge on any atom is -0.456 e. The number of carbonyl (C=O) groups excluding carboxylic acids is 3. The van der Waals surface area contributed by atoms with Gasteiger partial charge in [-0.3, -0.25) is 14.5 Å². The van der Waals surface area contributed by atoms with Gasteiger partial charge in [-0.2, -0.15) is 0 Å². The number of benzene rings is 2. The summed E-state index contributed by atoms with van der Waals surface area (Å²) in [5, 5.41) is 1.10. The molecule has 1 fully saturated rings. The number of nitrogens with one attached hydrogen (secondary N) is 1. The molecular formula is C24H23ClN2O6S. The molecule has 2 atom stereocenters. The SMILES string of the molecule is Cc1ccc(COC(=O)C2=C(CCl)CS(=O)(=O)[C@@H]3[C@H](NC(=O)c4ccc(C)cc4)C(=O)N23)cc1. The van der Waals surface area contributed by atoms with Crippen LogP contribution in [0.15, 0.2) is 59.8 Å². The van der Waals surface area contributed by atoms with Crippen molar-refractivity contribution in [3.05, 3.63) is 82.1 Å². The predicted octanol–water partition coefficient (Wildman–Crippen LogP) is 2.23. The second kappa shape index (κ2) is 9.23. The zero-order chi connectivity index (χ0) is 24.6. The Bertz CT molecular complexity index is 1290. The van der Waals surface area contributed by atoms with Crippen LogP contribution in [0.4, 0.5) is 0 Å². The summed E-state index contributed by atoms with van der Waals surface area (Å²) in [6, 6.07) is 12.7. The third-order valence-corrected chi connectivity index (χ3v) is 8.10. The topological polar surface area (TPSA) is 110 Å². The Morgan fingerprint density at radius 3 is 2.24 bits per heavy atom. The number of aryl methyl sites for hydroxylation is 2. The number of amides is 2. The van der Waals surface area contributed by atoms with E-state index >= 15 is 0 Å². The summed E-state index contributed by atoms with van der Waals surface area (Å²) in [7, 11) is -3.90. The normalized spacial score (nSPS) is 20.9. The van der Waals surface area contributed by atoms with Crippen molar-refractivity contribution in [3.8, 4) is 0 Å². The van der Waals surface area contributed by atoms with Crippen molar-refractivity contribution in [1.82, 2.24) is 10.2 Å². The van der Waals surface area contributed by atoms with Gasteiger partial charge in [0.15, 0.2) is 15.2 Å². The van der Waals surface area contributed by atoms with Gasteiger partial charge in [-0.25, -0.2) is 13.2 Å². The lowest BCUT2D eigenvalue weighted by Gasteiger charge is -2.49. The summed E-state index contributed by atoms with van der Waals surface area (Å²) in [5.74, 6) is -2.89. The minimum absolute atomic E-state index is 0.0504. The summed E-state index contributed by atoms with van der Waals surface area (Å²) in [4.78, 5) is 39.4. The summed E-state index contributed by atoms with van der Waals surface area (Å²) in [6.07, 6.45) is 0. The van der Waals surface area contributed by atoms with E-state index in [9.17, 15) is 22.8 Å². The fourth-order valence-corrected chi connectivity index (χ4v) is 6.30. The quantitative estimate of drug-likeness (QED) is 0.368. The van der Waals surface area contributed by atoms with Gasteiger partial charge in [0.25, 0.3) is 11.8 Å². The van der Waals surface area contributed by atoms with Gasteiger partial charge < -0.3 is 10.1 Å². The number of hydrogen-bond acceptors (Lipinski definition) is 6. The first-order valence-electron chi connectivity index (χ1n) is 10.5. The van der Waals surface area contributed by atoms with E-state index in [-0.39, 0.29) is 23.8 Å². The summed E-state index contributed by atoms with van der Waals surface area (Å²) >= 11 is 5.94. The van der Waals surface area contributed by atoms with Crippen LogP contribution in [0.3, 0.4) is 0 Å². The first-order chi connectivity index (χ1) is 16.1. The lowest BCUT2D eigenvalue weighted by Crippen LogP contribution is -2.74. The van der Waals surface area contributed by atoms with Crippen LogP contribution in [-0.2, 0) is 30.8 Å². The third-order valence-electron chi connectivity index (χ3n) is 5.81. The van der Waals surface area contributed by atoms with Crippen molar-refractivity contribution in [1.29, 1.82) is 0 Å². The van der Waals surface area contributed by atoms with Gasteiger partial charge in [-0.1, -0.05) is 47.5 Å². The van der Waals surface area contributed by atoms with E-state index in [1.165, 1.54) is 0 Å².